The Hall–Kier alpha value is -1.87. The van der Waals surface area contributed by atoms with E-state index >= 15 is 0 Å². The van der Waals surface area contributed by atoms with E-state index in [-0.39, 0.29) is 5.41 Å². The monoisotopic (exact) mass is 283 g/mol. The summed E-state index contributed by atoms with van der Waals surface area (Å²) in [6.07, 6.45) is 0. The zero-order valence-corrected chi connectivity index (χ0v) is 12.7. The first kappa shape index (κ1) is 13.1. The summed E-state index contributed by atoms with van der Waals surface area (Å²) in [6.45, 7) is 6.46. The molecule has 0 unspecified atom stereocenters. The maximum atomic E-state index is 6.08. The van der Waals surface area contributed by atoms with Crippen LogP contribution in [0.4, 0.5) is 0 Å². The minimum Gasteiger partial charge on any atom is -0.440 e. The molecular weight excluding hydrogens is 266 g/mol. The fourth-order valence-electron chi connectivity index (χ4n) is 2.11. The molecule has 1 aromatic carbocycles. The van der Waals surface area contributed by atoms with Crippen molar-refractivity contribution in [2.24, 2.45) is 0 Å². The molecule has 2 heterocycles. The minimum absolute atomic E-state index is 0.0701. The number of thiophene rings is 1. The number of hydrogen-bond acceptors (Lipinski definition) is 3. The van der Waals surface area contributed by atoms with Crippen molar-refractivity contribution in [1.82, 2.24) is 4.98 Å². The van der Waals surface area contributed by atoms with Crippen LogP contribution in [0.25, 0.3) is 22.0 Å². The lowest BCUT2D eigenvalue weighted by Gasteiger charge is -2.15. The van der Waals surface area contributed by atoms with Crippen LogP contribution in [0.2, 0.25) is 0 Å². The van der Waals surface area contributed by atoms with Gasteiger partial charge in [0.15, 0.2) is 0 Å². The first-order valence-corrected chi connectivity index (χ1v) is 7.54. The average Bonchev–Trinajstić information content (AvgIpc) is 3.08. The van der Waals surface area contributed by atoms with E-state index in [1.807, 2.05) is 36.4 Å². The molecule has 2 nitrogen and oxygen atoms in total. The molecule has 0 bridgehead atoms. The van der Waals surface area contributed by atoms with E-state index in [0.29, 0.717) is 5.89 Å². The molecule has 0 N–H and O–H groups in total. The normalized spacial score (nSPS) is 11.8. The summed E-state index contributed by atoms with van der Waals surface area (Å²) >= 11 is 1.69. The molecule has 0 aliphatic heterocycles. The molecule has 0 aliphatic rings. The van der Waals surface area contributed by atoms with Crippen molar-refractivity contribution in [3.05, 3.63) is 53.6 Å². The second-order valence-electron chi connectivity index (χ2n) is 5.79. The number of hydrogen-bond donors (Lipinski definition) is 0. The topological polar surface area (TPSA) is 26.0 Å². The van der Waals surface area contributed by atoms with Gasteiger partial charge >= 0.3 is 0 Å². The lowest BCUT2D eigenvalue weighted by Crippen LogP contribution is -2.10. The van der Waals surface area contributed by atoms with E-state index < -0.39 is 0 Å². The lowest BCUT2D eigenvalue weighted by molar-refractivity contribution is 0.417. The molecule has 0 atom stereocenters. The standard InChI is InChI=1S/C17H17NOS/c1-17(2,3)15-14(13-10-7-11-20-13)18-16(19-15)12-8-5-4-6-9-12/h4-11H,1-3H3. The highest BCUT2D eigenvalue weighted by atomic mass is 32.1. The van der Waals surface area contributed by atoms with Crippen molar-refractivity contribution < 1.29 is 4.42 Å². The Morgan fingerprint density at radius 1 is 1.00 bits per heavy atom. The molecule has 0 spiro atoms. The van der Waals surface area contributed by atoms with Crippen LogP contribution in [-0.2, 0) is 5.41 Å². The maximum absolute atomic E-state index is 6.08. The van der Waals surface area contributed by atoms with E-state index in [0.717, 1.165) is 21.9 Å². The van der Waals surface area contributed by atoms with Crippen molar-refractivity contribution in [3.8, 4) is 22.0 Å². The summed E-state index contributed by atoms with van der Waals surface area (Å²) in [5.41, 5.74) is 1.91. The zero-order valence-electron chi connectivity index (χ0n) is 11.9. The van der Waals surface area contributed by atoms with Crippen LogP contribution in [0.15, 0.2) is 52.3 Å². The smallest absolute Gasteiger partial charge is 0.226 e. The molecule has 0 aliphatic carbocycles. The SMILES string of the molecule is CC(C)(C)c1oc(-c2ccccc2)nc1-c1cccs1. The van der Waals surface area contributed by atoms with Gasteiger partial charge in [0.2, 0.25) is 5.89 Å². The van der Waals surface area contributed by atoms with Crippen molar-refractivity contribution >= 4 is 11.3 Å². The highest BCUT2D eigenvalue weighted by Crippen LogP contribution is 2.37. The zero-order chi connectivity index (χ0) is 14.2. The van der Waals surface area contributed by atoms with Crippen LogP contribution in [0.3, 0.4) is 0 Å². The minimum atomic E-state index is -0.0701. The summed E-state index contributed by atoms with van der Waals surface area (Å²) in [4.78, 5) is 5.89. The number of nitrogens with zero attached hydrogens (tertiary/aromatic N) is 1. The van der Waals surface area contributed by atoms with Gasteiger partial charge in [-0.3, -0.25) is 0 Å². The summed E-state index contributed by atoms with van der Waals surface area (Å²) < 4.78 is 6.08. The van der Waals surface area contributed by atoms with Crippen molar-refractivity contribution in [2.45, 2.75) is 26.2 Å². The van der Waals surface area contributed by atoms with Gasteiger partial charge in [-0.1, -0.05) is 45.0 Å². The third-order valence-corrected chi connectivity index (χ3v) is 3.96. The first-order valence-electron chi connectivity index (χ1n) is 6.66. The molecular formula is C17H17NOS. The second-order valence-corrected chi connectivity index (χ2v) is 6.74. The molecule has 20 heavy (non-hydrogen) atoms. The van der Waals surface area contributed by atoms with E-state index in [1.165, 1.54) is 0 Å². The molecule has 0 fully saturated rings. The molecule has 0 radical (unpaired) electrons. The predicted molar refractivity (Wildman–Crippen MR) is 84.0 cm³/mol. The number of aromatic nitrogens is 1. The molecule has 102 valence electrons. The fourth-order valence-corrected chi connectivity index (χ4v) is 2.82. The Morgan fingerprint density at radius 2 is 1.75 bits per heavy atom. The van der Waals surface area contributed by atoms with Gasteiger partial charge in [-0.15, -0.1) is 11.3 Å². The van der Waals surface area contributed by atoms with Crippen LogP contribution >= 0.6 is 11.3 Å². The number of benzene rings is 1. The van der Waals surface area contributed by atoms with Crippen molar-refractivity contribution in [2.75, 3.05) is 0 Å². The van der Waals surface area contributed by atoms with Crippen LogP contribution in [0, 0.1) is 0 Å². The van der Waals surface area contributed by atoms with Gasteiger partial charge in [0.05, 0.1) is 4.88 Å². The van der Waals surface area contributed by atoms with Crippen molar-refractivity contribution in [1.29, 1.82) is 0 Å². The van der Waals surface area contributed by atoms with E-state index in [4.69, 9.17) is 9.40 Å². The van der Waals surface area contributed by atoms with Crippen LogP contribution in [0.1, 0.15) is 26.5 Å². The average molecular weight is 283 g/mol. The summed E-state index contributed by atoms with van der Waals surface area (Å²) in [5, 5.41) is 2.07. The maximum Gasteiger partial charge on any atom is 0.226 e. The summed E-state index contributed by atoms with van der Waals surface area (Å²) in [5.74, 6) is 1.64. The molecule has 0 amide bonds. The third kappa shape index (κ3) is 2.41. The Kier molecular flexibility index (Phi) is 3.22. The first-order chi connectivity index (χ1) is 9.55. The van der Waals surface area contributed by atoms with Crippen molar-refractivity contribution in [3.63, 3.8) is 0 Å². The largest absolute Gasteiger partial charge is 0.440 e. The Balaban J connectivity index is 2.17. The van der Waals surface area contributed by atoms with Gasteiger partial charge < -0.3 is 4.42 Å². The molecule has 3 aromatic rings. The van der Waals surface area contributed by atoms with Gasteiger partial charge in [0.25, 0.3) is 0 Å². The Morgan fingerprint density at radius 3 is 2.35 bits per heavy atom. The van der Waals surface area contributed by atoms with Gasteiger partial charge in [0.1, 0.15) is 11.5 Å². The Bertz CT molecular complexity index is 690. The quantitative estimate of drug-likeness (QED) is 0.632. The molecule has 0 saturated heterocycles. The molecule has 3 heteroatoms. The molecule has 0 saturated carbocycles. The van der Waals surface area contributed by atoms with E-state index in [1.54, 1.807) is 11.3 Å². The van der Waals surface area contributed by atoms with E-state index in [9.17, 15) is 0 Å². The second kappa shape index (κ2) is 4.91. The fraction of sp³-hybridized carbons (Fsp3) is 0.235. The predicted octanol–water partition coefficient (Wildman–Crippen LogP) is 5.37. The Labute approximate surface area is 123 Å². The number of rotatable bonds is 2. The highest BCUT2D eigenvalue weighted by Gasteiger charge is 2.26. The van der Waals surface area contributed by atoms with Crippen LogP contribution in [-0.4, -0.2) is 4.98 Å². The van der Waals surface area contributed by atoms with Gasteiger partial charge in [0, 0.05) is 11.0 Å². The third-order valence-electron chi connectivity index (χ3n) is 3.08. The van der Waals surface area contributed by atoms with Gasteiger partial charge in [-0.2, -0.15) is 0 Å². The number of oxazole rings is 1. The van der Waals surface area contributed by atoms with E-state index in [2.05, 4.69) is 32.2 Å². The highest BCUT2D eigenvalue weighted by molar-refractivity contribution is 7.13. The van der Waals surface area contributed by atoms with Gasteiger partial charge in [-0.25, -0.2) is 4.98 Å². The van der Waals surface area contributed by atoms with Crippen LogP contribution < -0.4 is 0 Å². The molecule has 2 aromatic heterocycles. The summed E-state index contributed by atoms with van der Waals surface area (Å²) in [7, 11) is 0. The van der Waals surface area contributed by atoms with Gasteiger partial charge in [-0.05, 0) is 23.6 Å². The van der Waals surface area contributed by atoms with Crippen LogP contribution in [0.5, 0.6) is 0 Å². The lowest BCUT2D eigenvalue weighted by atomic mass is 9.91. The summed E-state index contributed by atoms with van der Waals surface area (Å²) in [6, 6.07) is 14.2. The molecule has 3 rings (SSSR count).